The van der Waals surface area contributed by atoms with Crippen molar-refractivity contribution in [2.75, 3.05) is 0 Å². The Morgan fingerprint density at radius 1 is 0.113 bits per heavy atom. The first kappa shape index (κ1) is 86.9. The summed E-state index contributed by atoms with van der Waals surface area (Å²) in [6.45, 7) is 0. The smallest absolute Gasteiger partial charge is 0.145 e. The minimum absolute atomic E-state index is 0.921. The maximum Gasteiger partial charge on any atom is 0.145 e. The summed E-state index contributed by atoms with van der Waals surface area (Å²) < 4.78 is 4.55. The zero-order valence-corrected chi connectivity index (χ0v) is 81.9. The fourth-order valence-electron chi connectivity index (χ4n) is 24.2. The normalized spacial score (nSPS) is 11.7. The molecule has 4 nitrogen and oxygen atoms in total. The van der Waals surface area contributed by atoms with Crippen molar-refractivity contribution in [1.29, 1.82) is 0 Å². The summed E-state index contributed by atoms with van der Waals surface area (Å²) >= 11 is 0. The quantitative estimate of drug-likeness (QED) is 0.102. The monoisotopic (exact) mass is 1900 g/mol. The van der Waals surface area contributed by atoms with Gasteiger partial charge in [-0.25, -0.2) is 9.97 Å². The van der Waals surface area contributed by atoms with Gasteiger partial charge < -0.3 is 0 Å². The van der Waals surface area contributed by atoms with Crippen LogP contribution >= 0.6 is 0 Å². The molecule has 0 unspecified atom stereocenters. The number of para-hydroxylation sites is 6. The van der Waals surface area contributed by atoms with E-state index in [0.29, 0.717) is 0 Å². The number of rotatable bonds is 14. The molecule has 0 aliphatic carbocycles. The third kappa shape index (κ3) is 14.8. The molecular weight excluding hydrogens is 1810 g/mol. The van der Waals surface area contributed by atoms with Crippen molar-refractivity contribution in [3.8, 4) is 145 Å². The van der Waals surface area contributed by atoms with Crippen LogP contribution in [0.1, 0.15) is 0 Å². The zero-order chi connectivity index (χ0) is 98.8. The lowest BCUT2D eigenvalue weighted by Gasteiger charge is -2.20. The second-order valence-corrected chi connectivity index (χ2v) is 39.5. The number of imidazole rings is 2. The van der Waals surface area contributed by atoms with Gasteiger partial charge >= 0.3 is 0 Å². The third-order valence-electron chi connectivity index (χ3n) is 31.1. The molecule has 0 spiro atoms. The van der Waals surface area contributed by atoms with E-state index in [9.17, 15) is 0 Å². The van der Waals surface area contributed by atoms with E-state index < -0.39 is 0 Å². The average Bonchev–Trinajstić information content (AvgIpc) is 1.09. The van der Waals surface area contributed by atoms with Gasteiger partial charge in [-0.1, -0.05) is 467 Å². The topological polar surface area (TPSA) is 35.6 Å². The fraction of sp³-hybridized carbons (Fsp3) is 0. The average molecular weight is 1900 g/mol. The summed E-state index contributed by atoms with van der Waals surface area (Å²) in [7, 11) is 0. The van der Waals surface area contributed by atoms with Gasteiger partial charge in [0.2, 0.25) is 0 Å². The SMILES string of the molecule is c1ccc(-n2c(-c3ccc(-c4c5ccccc5c(-c5ccc(-c6ccc7c(-c8ccc9ccccc9c8)c8ccccc8c(-c8ccc9ccccc9c8)c7c6)cc5)c5ccccc45)cc3)nc3ccccc32)cc1.c1ccc(-n2c(-c3cccc(-c4c5ccccc5c(-c5ccc(-c6ccc7c(-c8ccc9ccccc9c8)c8ccccc8c(-c8ccc9ccccc9c8)c7c6)cc5)c5ccccc45)c3)nc3ccccc32)cc1. The van der Waals surface area contributed by atoms with Crippen LogP contribution in [0.2, 0.25) is 0 Å². The Labute approximate surface area is 867 Å². The van der Waals surface area contributed by atoms with E-state index in [0.717, 1.165) is 61.8 Å². The van der Waals surface area contributed by atoms with E-state index in [2.05, 4.69) is 567 Å². The van der Waals surface area contributed by atoms with Crippen molar-refractivity contribution in [1.82, 2.24) is 19.1 Å². The number of hydrogen-bond acceptors (Lipinski definition) is 2. The molecule has 2 heterocycles. The summed E-state index contributed by atoms with van der Waals surface area (Å²) in [6, 6.07) is 205. The molecule has 0 bridgehead atoms. The van der Waals surface area contributed by atoms with E-state index in [-0.39, 0.29) is 0 Å². The van der Waals surface area contributed by atoms with Gasteiger partial charge in [0.1, 0.15) is 11.6 Å². The second-order valence-electron chi connectivity index (χ2n) is 39.5. The zero-order valence-electron chi connectivity index (χ0n) is 81.9. The van der Waals surface area contributed by atoms with Crippen molar-refractivity contribution in [2.24, 2.45) is 0 Å². The van der Waals surface area contributed by atoms with Crippen LogP contribution in [0.5, 0.6) is 0 Å². The van der Waals surface area contributed by atoms with Crippen molar-refractivity contribution in [3.63, 3.8) is 0 Å². The van der Waals surface area contributed by atoms with Gasteiger partial charge in [-0.05, 0) is 332 Å². The van der Waals surface area contributed by atoms with Gasteiger partial charge in [-0.15, -0.1) is 0 Å². The van der Waals surface area contributed by atoms with Crippen LogP contribution in [0.3, 0.4) is 0 Å². The molecule has 30 aromatic rings. The highest BCUT2D eigenvalue weighted by Crippen LogP contribution is 2.53. The number of nitrogens with zero attached hydrogens (tertiary/aromatic N) is 4. The molecule has 0 radical (unpaired) electrons. The molecule has 0 amide bonds. The Bertz CT molecular complexity index is 10600. The van der Waals surface area contributed by atoms with E-state index >= 15 is 0 Å². The van der Waals surface area contributed by atoms with Crippen LogP contribution in [-0.2, 0) is 0 Å². The first-order valence-corrected chi connectivity index (χ1v) is 51.7. The van der Waals surface area contributed by atoms with Crippen molar-refractivity contribution >= 4 is 151 Å². The van der Waals surface area contributed by atoms with Crippen LogP contribution < -0.4 is 0 Å². The van der Waals surface area contributed by atoms with Crippen LogP contribution in [0.25, 0.3) is 297 Å². The number of benzene rings is 28. The molecule has 0 N–H and O–H groups in total. The van der Waals surface area contributed by atoms with E-state index in [1.54, 1.807) is 0 Å². The van der Waals surface area contributed by atoms with Gasteiger partial charge in [0.05, 0.1) is 22.1 Å². The van der Waals surface area contributed by atoms with Crippen molar-refractivity contribution in [2.45, 2.75) is 0 Å². The van der Waals surface area contributed by atoms with E-state index in [4.69, 9.17) is 9.97 Å². The molecule has 2 aromatic heterocycles. The first-order chi connectivity index (χ1) is 74.4. The van der Waals surface area contributed by atoms with E-state index in [1.807, 2.05) is 0 Å². The predicted octanol–water partition coefficient (Wildman–Crippen LogP) is 39.9. The second kappa shape index (κ2) is 36.2. The number of fused-ring (bicyclic) bond motifs is 14. The standard InChI is InChI=1S/2C73H46N2/c1-2-23-58(24-3-1)75-68-32-15-14-31-67(68)74-73(75)57-22-16-21-54(45-57)70-61-27-10-8-25-59(61)69(60-26-9-11-28-62(60)70)50-37-33-49(34-38-50)53-41-42-65-66(46-53)72(56-40-36-48-18-5-7-20-52(48)44-56)64-30-13-12-29-63(64)71(65)55-39-35-47-17-4-6-19-51(47)43-55;1-2-20-58(21-3-1)75-68-29-15-14-28-67(68)74-73(75)52-38-36-51(37-39-52)70-61-24-10-8-22-59(61)69(60-23-9-11-25-62(60)70)50-34-30-49(31-35-50)55-42-43-65-66(46-55)72(57-41-33-48-17-5-7-19-54(48)45-57)64-27-13-12-26-63(64)71(65)56-40-32-47-16-4-6-18-53(47)44-56/h2*1-46H. The molecule has 30 rings (SSSR count). The fourth-order valence-corrected chi connectivity index (χ4v) is 24.2. The molecule has 0 saturated heterocycles. The van der Waals surface area contributed by atoms with Crippen molar-refractivity contribution < 1.29 is 0 Å². The first-order valence-electron chi connectivity index (χ1n) is 51.7. The highest BCUT2D eigenvalue weighted by molar-refractivity contribution is 6.27. The minimum Gasteiger partial charge on any atom is -0.292 e. The highest BCUT2D eigenvalue weighted by Gasteiger charge is 2.27. The Morgan fingerprint density at radius 2 is 0.327 bits per heavy atom. The largest absolute Gasteiger partial charge is 0.292 e. The Hall–Kier alpha value is -19.8. The molecule has 28 aromatic carbocycles. The van der Waals surface area contributed by atoms with Gasteiger partial charge in [-0.2, -0.15) is 0 Å². The molecule has 4 heteroatoms. The lowest BCUT2D eigenvalue weighted by atomic mass is 9.84. The van der Waals surface area contributed by atoms with Gasteiger partial charge in [0, 0.05) is 22.5 Å². The Kier molecular flexibility index (Phi) is 21.0. The molecule has 0 saturated carbocycles. The Balaban J connectivity index is 0.000000141. The molecule has 0 fully saturated rings. The van der Waals surface area contributed by atoms with Crippen molar-refractivity contribution in [3.05, 3.63) is 558 Å². The summed E-state index contributed by atoms with van der Waals surface area (Å²) in [5.41, 5.74) is 32.7. The Morgan fingerprint density at radius 3 is 0.640 bits per heavy atom. The minimum atomic E-state index is 0.921. The maximum absolute atomic E-state index is 5.24. The summed E-state index contributed by atoms with van der Waals surface area (Å²) in [6.07, 6.45) is 0. The maximum atomic E-state index is 5.24. The van der Waals surface area contributed by atoms with Gasteiger partial charge in [-0.3, -0.25) is 9.13 Å². The summed E-state index contributed by atoms with van der Waals surface area (Å²) in [4.78, 5) is 10.4. The molecule has 0 atom stereocenters. The highest BCUT2D eigenvalue weighted by atomic mass is 15.1. The van der Waals surface area contributed by atoms with Crippen LogP contribution in [-0.4, -0.2) is 19.1 Å². The number of hydrogen-bond donors (Lipinski definition) is 0. The summed E-state index contributed by atoms with van der Waals surface area (Å²) in [5, 5.41) is 29.7. The lowest BCUT2D eigenvalue weighted by Crippen LogP contribution is -1.97. The van der Waals surface area contributed by atoms with Crippen LogP contribution in [0.4, 0.5) is 0 Å². The van der Waals surface area contributed by atoms with Crippen LogP contribution in [0, 0.1) is 0 Å². The van der Waals surface area contributed by atoms with Gasteiger partial charge in [0.15, 0.2) is 0 Å². The van der Waals surface area contributed by atoms with E-state index in [1.165, 1.54) is 235 Å². The molecular formula is C146H92N4. The predicted molar refractivity (Wildman–Crippen MR) is 637 cm³/mol. The number of aromatic nitrogens is 4. The molecule has 696 valence electrons. The molecule has 0 aliphatic rings. The van der Waals surface area contributed by atoms with Crippen LogP contribution in [0.15, 0.2) is 558 Å². The molecule has 0 aliphatic heterocycles. The van der Waals surface area contributed by atoms with Gasteiger partial charge in [0.25, 0.3) is 0 Å². The summed E-state index contributed by atoms with van der Waals surface area (Å²) in [5.74, 6) is 1.85. The lowest BCUT2D eigenvalue weighted by molar-refractivity contribution is 1.10. The molecule has 150 heavy (non-hydrogen) atoms. The third-order valence-corrected chi connectivity index (χ3v) is 31.1.